The van der Waals surface area contributed by atoms with Gasteiger partial charge in [0.15, 0.2) is 0 Å². The third kappa shape index (κ3) is 1.37. The van der Waals surface area contributed by atoms with Crippen LogP contribution < -0.4 is 4.74 Å². The second-order valence-corrected chi connectivity index (χ2v) is 4.50. The Morgan fingerprint density at radius 2 is 2.12 bits per heavy atom. The number of hydrogen-bond donors (Lipinski definition) is 0. The fourth-order valence-electron chi connectivity index (χ4n) is 2.38. The van der Waals surface area contributed by atoms with Crippen molar-refractivity contribution in [2.24, 2.45) is 0 Å². The molecule has 1 aromatic carbocycles. The first kappa shape index (κ1) is 9.64. The molecule has 0 N–H and O–H groups in total. The lowest BCUT2D eigenvalue weighted by Gasteiger charge is -2.24. The minimum Gasteiger partial charge on any atom is -0.474 e. The molecule has 0 saturated carbocycles. The monoisotopic (exact) mass is 213 g/mol. The van der Waals surface area contributed by atoms with Crippen LogP contribution in [0.5, 0.6) is 5.88 Å². The summed E-state index contributed by atoms with van der Waals surface area (Å²) in [5, 5.41) is 1.25. The van der Waals surface area contributed by atoms with Gasteiger partial charge in [0.25, 0.3) is 0 Å². The molecule has 1 aliphatic rings. The molecule has 2 heteroatoms. The van der Waals surface area contributed by atoms with Crippen molar-refractivity contribution in [1.29, 1.82) is 0 Å². The van der Waals surface area contributed by atoms with Crippen LogP contribution in [0.4, 0.5) is 0 Å². The van der Waals surface area contributed by atoms with E-state index in [1.807, 2.05) is 12.1 Å². The van der Waals surface area contributed by atoms with E-state index in [0.29, 0.717) is 6.10 Å². The van der Waals surface area contributed by atoms with Crippen LogP contribution in [0.1, 0.15) is 24.5 Å². The lowest BCUT2D eigenvalue weighted by Crippen LogP contribution is -2.20. The van der Waals surface area contributed by atoms with Crippen LogP contribution in [0.2, 0.25) is 0 Å². The number of nitrogens with zero attached hydrogens (tertiary/aromatic N) is 1. The quantitative estimate of drug-likeness (QED) is 0.670. The van der Waals surface area contributed by atoms with Crippen LogP contribution >= 0.6 is 0 Å². The van der Waals surface area contributed by atoms with Gasteiger partial charge >= 0.3 is 0 Å². The van der Waals surface area contributed by atoms with Crippen LogP contribution in [-0.2, 0) is 6.42 Å². The Labute approximate surface area is 95.3 Å². The van der Waals surface area contributed by atoms with Gasteiger partial charge in [-0.1, -0.05) is 18.2 Å². The zero-order valence-corrected chi connectivity index (χ0v) is 9.66. The highest BCUT2D eigenvalue weighted by Crippen LogP contribution is 2.32. The van der Waals surface area contributed by atoms with Gasteiger partial charge in [0, 0.05) is 10.9 Å². The van der Waals surface area contributed by atoms with Crippen LogP contribution in [-0.4, -0.2) is 11.1 Å². The van der Waals surface area contributed by atoms with Crippen LogP contribution in [0.3, 0.4) is 0 Å². The summed E-state index contributed by atoms with van der Waals surface area (Å²) in [7, 11) is 0. The van der Waals surface area contributed by atoms with Crippen LogP contribution in [0.15, 0.2) is 24.3 Å². The number of pyridine rings is 1. The molecule has 0 amide bonds. The Balaban J connectivity index is 2.29. The topological polar surface area (TPSA) is 22.1 Å². The number of aryl methyl sites for hydroxylation is 1. The molecule has 1 atom stereocenters. The minimum absolute atomic E-state index is 0.292. The second kappa shape index (κ2) is 3.48. The Bertz CT molecular complexity index is 548. The Morgan fingerprint density at radius 1 is 1.31 bits per heavy atom. The predicted molar refractivity (Wildman–Crippen MR) is 64.9 cm³/mol. The molecular weight excluding hydrogens is 198 g/mol. The molecule has 2 aromatic rings. The van der Waals surface area contributed by atoms with Crippen molar-refractivity contribution >= 4 is 10.9 Å². The number of ether oxygens (including phenoxy) is 1. The molecule has 0 radical (unpaired) electrons. The van der Waals surface area contributed by atoms with E-state index in [1.54, 1.807) is 0 Å². The molecule has 0 spiro atoms. The molecular formula is C14H15NO. The standard InChI is InChI=1S/C14H15NO/c1-9-7-8-12-10(2)11-5-3-4-6-13(11)15-14(12)16-9/h3-6,9H,7-8H2,1-2H3. The highest BCUT2D eigenvalue weighted by molar-refractivity contribution is 5.84. The zero-order valence-electron chi connectivity index (χ0n) is 9.66. The van der Waals surface area contributed by atoms with Gasteiger partial charge in [-0.25, -0.2) is 4.98 Å². The Hall–Kier alpha value is -1.57. The average molecular weight is 213 g/mol. The minimum atomic E-state index is 0.292. The number of fused-ring (bicyclic) bond motifs is 2. The van der Waals surface area contributed by atoms with Crippen molar-refractivity contribution in [3.63, 3.8) is 0 Å². The molecule has 2 nitrogen and oxygen atoms in total. The van der Waals surface area contributed by atoms with E-state index < -0.39 is 0 Å². The smallest absolute Gasteiger partial charge is 0.217 e. The van der Waals surface area contributed by atoms with E-state index in [1.165, 1.54) is 16.5 Å². The third-order valence-electron chi connectivity index (χ3n) is 3.35. The van der Waals surface area contributed by atoms with Gasteiger partial charge in [-0.2, -0.15) is 0 Å². The molecule has 3 rings (SSSR count). The summed E-state index contributed by atoms with van der Waals surface area (Å²) in [6.07, 6.45) is 2.47. The molecule has 0 bridgehead atoms. The van der Waals surface area contributed by atoms with Crippen LogP contribution in [0, 0.1) is 6.92 Å². The summed E-state index contributed by atoms with van der Waals surface area (Å²) in [6, 6.07) is 8.27. The lowest BCUT2D eigenvalue weighted by atomic mass is 9.98. The average Bonchev–Trinajstić information content (AvgIpc) is 2.29. The van der Waals surface area contributed by atoms with Gasteiger partial charge < -0.3 is 4.74 Å². The van der Waals surface area contributed by atoms with Crippen molar-refractivity contribution in [2.45, 2.75) is 32.8 Å². The number of rotatable bonds is 0. The lowest BCUT2D eigenvalue weighted by molar-refractivity contribution is 0.184. The normalized spacial score (nSPS) is 19.2. The molecule has 0 saturated heterocycles. The summed E-state index contributed by atoms with van der Waals surface area (Å²) in [4.78, 5) is 4.60. The summed E-state index contributed by atoms with van der Waals surface area (Å²) in [5.74, 6) is 0.843. The molecule has 16 heavy (non-hydrogen) atoms. The van der Waals surface area contributed by atoms with Gasteiger partial charge in [-0.15, -0.1) is 0 Å². The third-order valence-corrected chi connectivity index (χ3v) is 3.35. The maximum Gasteiger partial charge on any atom is 0.217 e. The van der Waals surface area contributed by atoms with Crippen molar-refractivity contribution < 1.29 is 4.74 Å². The van der Waals surface area contributed by atoms with E-state index in [2.05, 4.69) is 31.0 Å². The molecule has 0 aliphatic carbocycles. The highest BCUT2D eigenvalue weighted by Gasteiger charge is 2.20. The first-order chi connectivity index (χ1) is 7.75. The van der Waals surface area contributed by atoms with Crippen LogP contribution in [0.25, 0.3) is 10.9 Å². The van der Waals surface area contributed by atoms with Gasteiger partial charge in [0.1, 0.15) is 0 Å². The largest absolute Gasteiger partial charge is 0.474 e. The Morgan fingerprint density at radius 3 is 3.00 bits per heavy atom. The molecule has 82 valence electrons. The maximum atomic E-state index is 5.81. The van der Waals surface area contributed by atoms with E-state index in [-0.39, 0.29) is 0 Å². The predicted octanol–water partition coefficient (Wildman–Crippen LogP) is 3.26. The number of hydrogen-bond acceptors (Lipinski definition) is 2. The summed E-state index contributed by atoms with van der Waals surface area (Å²) >= 11 is 0. The number of aromatic nitrogens is 1. The molecule has 0 fully saturated rings. The second-order valence-electron chi connectivity index (χ2n) is 4.50. The maximum absolute atomic E-state index is 5.81. The summed E-state index contributed by atoms with van der Waals surface area (Å²) in [6.45, 7) is 4.28. The fraction of sp³-hybridized carbons (Fsp3) is 0.357. The molecule has 1 aliphatic heterocycles. The van der Waals surface area contributed by atoms with Gasteiger partial charge in [-0.3, -0.25) is 0 Å². The van der Waals surface area contributed by atoms with E-state index in [9.17, 15) is 0 Å². The van der Waals surface area contributed by atoms with Crippen molar-refractivity contribution in [3.8, 4) is 5.88 Å². The van der Waals surface area contributed by atoms with E-state index in [4.69, 9.17) is 4.74 Å². The van der Waals surface area contributed by atoms with Gasteiger partial charge in [-0.05, 0) is 38.3 Å². The fourth-order valence-corrected chi connectivity index (χ4v) is 2.38. The summed E-state index contributed by atoms with van der Waals surface area (Å²) < 4.78 is 5.81. The number of benzene rings is 1. The van der Waals surface area contributed by atoms with Gasteiger partial charge in [0.05, 0.1) is 11.6 Å². The SMILES string of the molecule is Cc1c2c(nc3ccccc13)OC(C)CC2. The highest BCUT2D eigenvalue weighted by atomic mass is 16.5. The molecule has 1 unspecified atom stereocenters. The van der Waals surface area contributed by atoms with E-state index in [0.717, 1.165) is 24.2 Å². The van der Waals surface area contributed by atoms with Crippen molar-refractivity contribution in [1.82, 2.24) is 4.98 Å². The molecule has 2 heterocycles. The zero-order chi connectivity index (χ0) is 11.1. The first-order valence-electron chi connectivity index (χ1n) is 5.80. The summed E-state index contributed by atoms with van der Waals surface area (Å²) in [5.41, 5.74) is 3.65. The van der Waals surface area contributed by atoms with Crippen molar-refractivity contribution in [3.05, 3.63) is 35.4 Å². The van der Waals surface area contributed by atoms with Crippen molar-refractivity contribution in [2.75, 3.05) is 0 Å². The first-order valence-corrected chi connectivity index (χ1v) is 5.80. The molecule has 1 aromatic heterocycles. The Kier molecular flexibility index (Phi) is 2.10. The van der Waals surface area contributed by atoms with E-state index >= 15 is 0 Å². The number of para-hydroxylation sites is 1. The van der Waals surface area contributed by atoms with Gasteiger partial charge in [0.2, 0.25) is 5.88 Å².